The van der Waals surface area contributed by atoms with Crippen molar-refractivity contribution in [3.05, 3.63) is 77.6 Å². The highest BCUT2D eigenvalue weighted by Gasteiger charge is 2.13. The van der Waals surface area contributed by atoms with Gasteiger partial charge >= 0.3 is 5.97 Å². The molecule has 0 saturated carbocycles. The molecule has 0 aliphatic carbocycles. The van der Waals surface area contributed by atoms with Gasteiger partial charge in [0.1, 0.15) is 5.76 Å². The Labute approximate surface area is 151 Å². The Morgan fingerprint density at radius 2 is 1.81 bits per heavy atom. The number of carbonyl (C=O) groups excluding carboxylic acids is 2. The number of amides is 1. The van der Waals surface area contributed by atoms with E-state index < -0.39 is 0 Å². The Balaban J connectivity index is 1.71. The third kappa shape index (κ3) is 4.19. The summed E-state index contributed by atoms with van der Waals surface area (Å²) in [5.74, 6) is 0.175. The van der Waals surface area contributed by atoms with Crippen LogP contribution >= 0.6 is 0 Å². The molecule has 3 rings (SSSR count). The fourth-order valence-electron chi connectivity index (χ4n) is 2.52. The van der Waals surface area contributed by atoms with E-state index in [9.17, 15) is 9.59 Å². The molecule has 1 aromatic heterocycles. The molecule has 132 valence electrons. The van der Waals surface area contributed by atoms with Crippen LogP contribution in [0.4, 0.5) is 5.69 Å². The normalized spacial score (nSPS) is 10.4. The van der Waals surface area contributed by atoms with Gasteiger partial charge in [0.25, 0.3) is 5.91 Å². The van der Waals surface area contributed by atoms with E-state index in [1.807, 2.05) is 31.2 Å². The van der Waals surface area contributed by atoms with Crippen LogP contribution in [0, 0.1) is 6.92 Å². The van der Waals surface area contributed by atoms with E-state index in [2.05, 4.69) is 10.1 Å². The fourth-order valence-corrected chi connectivity index (χ4v) is 2.52. The van der Waals surface area contributed by atoms with Crippen molar-refractivity contribution in [2.75, 3.05) is 12.4 Å². The molecule has 0 atom stereocenters. The van der Waals surface area contributed by atoms with Gasteiger partial charge in [0.2, 0.25) is 0 Å². The van der Waals surface area contributed by atoms with Gasteiger partial charge in [-0.3, -0.25) is 9.59 Å². The summed E-state index contributed by atoms with van der Waals surface area (Å²) in [5, 5.41) is 2.78. The first kappa shape index (κ1) is 17.5. The number of hydrogen-bond donors (Lipinski definition) is 1. The summed E-state index contributed by atoms with van der Waals surface area (Å²) in [6, 6.07) is 18.4. The molecule has 1 N–H and O–H groups in total. The lowest BCUT2D eigenvalue weighted by Crippen LogP contribution is -2.11. The van der Waals surface area contributed by atoms with Gasteiger partial charge in [-0.1, -0.05) is 42.0 Å². The zero-order chi connectivity index (χ0) is 18.5. The molecule has 1 heterocycles. The number of carbonyl (C=O) groups is 2. The first-order valence-electron chi connectivity index (χ1n) is 8.19. The fraction of sp³-hybridized carbons (Fsp3) is 0.143. The molecule has 3 aromatic rings. The zero-order valence-electron chi connectivity index (χ0n) is 14.6. The Morgan fingerprint density at radius 1 is 1.04 bits per heavy atom. The summed E-state index contributed by atoms with van der Waals surface area (Å²) in [6.45, 7) is 2.01. The van der Waals surface area contributed by atoms with Gasteiger partial charge in [0, 0.05) is 11.3 Å². The van der Waals surface area contributed by atoms with E-state index in [1.54, 1.807) is 36.4 Å². The predicted octanol–water partition coefficient (Wildman–Crippen LogP) is 4.22. The number of hydrogen-bond acceptors (Lipinski definition) is 4. The molecule has 0 saturated heterocycles. The van der Waals surface area contributed by atoms with Crippen LogP contribution in [0.25, 0.3) is 11.3 Å². The summed E-state index contributed by atoms with van der Waals surface area (Å²) in [6.07, 6.45) is 0.151. The first-order valence-corrected chi connectivity index (χ1v) is 8.19. The second-order valence-electron chi connectivity index (χ2n) is 5.94. The van der Waals surface area contributed by atoms with E-state index in [-0.39, 0.29) is 24.1 Å². The highest BCUT2D eigenvalue weighted by Crippen LogP contribution is 2.23. The van der Waals surface area contributed by atoms with Crippen LogP contribution in [0.2, 0.25) is 0 Å². The average molecular weight is 349 g/mol. The third-order valence-electron chi connectivity index (χ3n) is 3.93. The Morgan fingerprint density at radius 3 is 2.54 bits per heavy atom. The number of esters is 1. The van der Waals surface area contributed by atoms with Crippen LogP contribution in [0.3, 0.4) is 0 Å². The van der Waals surface area contributed by atoms with E-state index >= 15 is 0 Å². The van der Waals surface area contributed by atoms with Crippen LogP contribution in [0.5, 0.6) is 0 Å². The second kappa shape index (κ2) is 7.70. The lowest BCUT2D eigenvalue weighted by atomic mass is 10.1. The van der Waals surface area contributed by atoms with E-state index in [1.165, 1.54) is 7.11 Å². The standard InChI is InChI=1S/C21H19NO4/c1-14-6-8-16(9-7-14)18-10-11-19(26-18)21(24)22-17-5-3-4-15(12-17)13-20(23)25-2/h3-12H,13H2,1-2H3,(H,22,24). The Hall–Kier alpha value is -3.34. The lowest BCUT2D eigenvalue weighted by molar-refractivity contribution is -0.139. The minimum atomic E-state index is -0.349. The predicted molar refractivity (Wildman–Crippen MR) is 99.0 cm³/mol. The van der Waals surface area contributed by atoms with Gasteiger partial charge in [-0.15, -0.1) is 0 Å². The number of nitrogens with one attached hydrogen (secondary N) is 1. The quantitative estimate of drug-likeness (QED) is 0.700. The Bertz CT molecular complexity index is 925. The van der Waals surface area contributed by atoms with Gasteiger partial charge < -0.3 is 14.5 Å². The molecule has 0 radical (unpaired) electrons. The molecular weight excluding hydrogens is 330 g/mol. The molecule has 26 heavy (non-hydrogen) atoms. The van der Waals surface area contributed by atoms with Gasteiger partial charge in [-0.2, -0.15) is 0 Å². The minimum absolute atomic E-state index is 0.151. The number of rotatable bonds is 5. The van der Waals surface area contributed by atoms with E-state index in [0.29, 0.717) is 11.4 Å². The SMILES string of the molecule is COC(=O)Cc1cccc(NC(=O)c2ccc(-c3ccc(C)cc3)o2)c1. The molecule has 5 heteroatoms. The molecule has 5 nitrogen and oxygen atoms in total. The zero-order valence-corrected chi connectivity index (χ0v) is 14.6. The summed E-state index contributed by atoms with van der Waals surface area (Å²) in [5.41, 5.74) is 3.42. The minimum Gasteiger partial charge on any atom is -0.469 e. The molecule has 0 spiro atoms. The Kier molecular flexibility index (Phi) is 5.17. The van der Waals surface area contributed by atoms with Crippen molar-refractivity contribution in [3.8, 4) is 11.3 Å². The molecule has 2 aromatic carbocycles. The van der Waals surface area contributed by atoms with E-state index in [0.717, 1.165) is 16.7 Å². The third-order valence-corrected chi connectivity index (χ3v) is 3.93. The maximum Gasteiger partial charge on any atom is 0.309 e. The van der Waals surface area contributed by atoms with Gasteiger partial charge in [0.05, 0.1) is 13.5 Å². The van der Waals surface area contributed by atoms with E-state index in [4.69, 9.17) is 4.42 Å². The average Bonchev–Trinajstić information content (AvgIpc) is 3.13. The van der Waals surface area contributed by atoms with Crippen molar-refractivity contribution in [2.45, 2.75) is 13.3 Å². The summed E-state index contributed by atoms with van der Waals surface area (Å²) in [4.78, 5) is 23.8. The van der Waals surface area contributed by atoms with Crippen molar-refractivity contribution < 1.29 is 18.7 Å². The van der Waals surface area contributed by atoms with Crippen LogP contribution in [-0.4, -0.2) is 19.0 Å². The molecule has 0 aliphatic heterocycles. The van der Waals surface area contributed by atoms with Crippen molar-refractivity contribution in [2.24, 2.45) is 0 Å². The number of benzene rings is 2. The van der Waals surface area contributed by atoms with Crippen molar-refractivity contribution >= 4 is 17.6 Å². The number of ether oxygens (including phenoxy) is 1. The molecule has 1 amide bonds. The van der Waals surface area contributed by atoms with Crippen LogP contribution < -0.4 is 5.32 Å². The molecule has 0 bridgehead atoms. The highest BCUT2D eigenvalue weighted by molar-refractivity contribution is 6.02. The molecule has 0 fully saturated rings. The van der Waals surface area contributed by atoms with Crippen LogP contribution in [0.15, 0.2) is 65.1 Å². The topological polar surface area (TPSA) is 68.5 Å². The maximum absolute atomic E-state index is 12.4. The lowest BCUT2D eigenvalue weighted by Gasteiger charge is -2.06. The van der Waals surface area contributed by atoms with Crippen LogP contribution in [-0.2, 0) is 16.0 Å². The van der Waals surface area contributed by atoms with Gasteiger partial charge in [0.15, 0.2) is 5.76 Å². The number of methoxy groups -OCH3 is 1. The van der Waals surface area contributed by atoms with Crippen molar-refractivity contribution in [3.63, 3.8) is 0 Å². The molecule has 0 aliphatic rings. The highest BCUT2D eigenvalue weighted by atomic mass is 16.5. The van der Waals surface area contributed by atoms with Crippen molar-refractivity contribution in [1.29, 1.82) is 0 Å². The van der Waals surface area contributed by atoms with Gasteiger partial charge in [-0.25, -0.2) is 0 Å². The summed E-state index contributed by atoms with van der Waals surface area (Å²) >= 11 is 0. The monoisotopic (exact) mass is 349 g/mol. The molecule has 0 unspecified atom stereocenters. The summed E-state index contributed by atoms with van der Waals surface area (Å²) in [7, 11) is 1.34. The number of anilines is 1. The van der Waals surface area contributed by atoms with Crippen molar-refractivity contribution in [1.82, 2.24) is 0 Å². The largest absolute Gasteiger partial charge is 0.469 e. The first-order chi connectivity index (χ1) is 12.5. The maximum atomic E-state index is 12.4. The number of aryl methyl sites for hydroxylation is 1. The second-order valence-corrected chi connectivity index (χ2v) is 5.94. The van der Waals surface area contributed by atoms with Crippen LogP contribution in [0.1, 0.15) is 21.7 Å². The summed E-state index contributed by atoms with van der Waals surface area (Å²) < 4.78 is 10.3. The van der Waals surface area contributed by atoms with Gasteiger partial charge in [-0.05, 0) is 36.8 Å². The smallest absolute Gasteiger partial charge is 0.309 e. The number of furan rings is 1. The molecular formula is C21H19NO4.